The third kappa shape index (κ3) is 4.38. The summed E-state index contributed by atoms with van der Waals surface area (Å²) in [6, 6.07) is 4.05. The number of hydrogen-bond donors (Lipinski definition) is 1. The van der Waals surface area contributed by atoms with E-state index in [0.29, 0.717) is 36.3 Å². The first-order valence-corrected chi connectivity index (χ1v) is 12.0. The van der Waals surface area contributed by atoms with Gasteiger partial charge in [-0.1, -0.05) is 26.7 Å². The molecule has 1 fully saturated rings. The number of esters is 1. The van der Waals surface area contributed by atoms with Gasteiger partial charge in [-0.2, -0.15) is 0 Å². The number of aromatic nitrogens is 2. The number of carbonyl (C=O) groups excluding carboxylic acids is 2. The quantitative estimate of drug-likeness (QED) is 0.622. The fourth-order valence-corrected chi connectivity index (χ4v) is 4.94. The Bertz CT molecular complexity index is 1030. The molecule has 1 aliphatic carbocycles. The summed E-state index contributed by atoms with van der Waals surface area (Å²) >= 11 is 0. The minimum atomic E-state index is -0.372. The smallest absolute Gasteiger partial charge is 0.339 e. The molecule has 176 valence electrons. The minimum Gasteiger partial charge on any atom is -0.462 e. The zero-order valence-electron chi connectivity index (χ0n) is 19.9. The van der Waals surface area contributed by atoms with Crippen molar-refractivity contribution < 1.29 is 14.3 Å². The predicted octanol–water partition coefficient (Wildman–Crippen LogP) is 4.46. The van der Waals surface area contributed by atoms with E-state index in [1.165, 1.54) is 19.0 Å². The molecule has 2 aromatic heterocycles. The Labute approximate surface area is 195 Å². The molecule has 0 aromatic carbocycles. The van der Waals surface area contributed by atoms with Gasteiger partial charge < -0.3 is 19.9 Å². The predicted molar refractivity (Wildman–Crippen MR) is 129 cm³/mol. The van der Waals surface area contributed by atoms with Crippen molar-refractivity contribution in [1.29, 1.82) is 0 Å². The van der Waals surface area contributed by atoms with Gasteiger partial charge in [0.15, 0.2) is 0 Å². The van der Waals surface area contributed by atoms with E-state index in [9.17, 15) is 9.59 Å². The van der Waals surface area contributed by atoms with E-state index in [1.54, 1.807) is 18.0 Å². The van der Waals surface area contributed by atoms with Crippen LogP contribution in [-0.4, -0.2) is 47.6 Å². The van der Waals surface area contributed by atoms with Crippen molar-refractivity contribution in [3.63, 3.8) is 0 Å². The van der Waals surface area contributed by atoms with Crippen LogP contribution in [0.25, 0.3) is 0 Å². The van der Waals surface area contributed by atoms with Crippen LogP contribution in [0.2, 0.25) is 0 Å². The monoisotopic (exact) mass is 451 g/mol. The second kappa shape index (κ2) is 9.77. The molecular formula is C25H33N5O3. The van der Waals surface area contributed by atoms with Crippen LogP contribution in [0, 0.1) is 0 Å². The van der Waals surface area contributed by atoms with E-state index in [1.807, 2.05) is 26.1 Å². The third-order valence-corrected chi connectivity index (χ3v) is 6.66. The topological polar surface area (TPSA) is 87.7 Å². The molecule has 2 aromatic rings. The summed E-state index contributed by atoms with van der Waals surface area (Å²) in [5.41, 5.74) is 3.22. The molecule has 1 saturated carbocycles. The minimum absolute atomic E-state index is 0.129. The Kier molecular flexibility index (Phi) is 6.81. The zero-order chi connectivity index (χ0) is 23.5. The molecular weight excluding hydrogens is 418 g/mol. The summed E-state index contributed by atoms with van der Waals surface area (Å²) in [6.45, 7) is 6.21. The van der Waals surface area contributed by atoms with Crippen LogP contribution in [-0.2, 0) is 16.0 Å². The standard InChI is InChI=1S/C25H33N5O3/c1-5-16-12-17(25(32)33-7-3)14-27-23(16)28-22-13-20-21(15-26-22)29(4)24(31)19(6-2)30(20)18-10-8-9-11-18/h12-15,18-19H,5-11H2,1-4H3,(H,26,27,28). The van der Waals surface area contributed by atoms with Crippen LogP contribution in [0.15, 0.2) is 24.5 Å². The second-order valence-corrected chi connectivity index (χ2v) is 8.66. The first-order valence-electron chi connectivity index (χ1n) is 12.0. The number of likely N-dealkylation sites (N-methyl/N-ethyl adjacent to an activating group) is 1. The van der Waals surface area contributed by atoms with Gasteiger partial charge in [0.1, 0.15) is 17.7 Å². The molecule has 0 radical (unpaired) electrons. The van der Waals surface area contributed by atoms with Crippen LogP contribution >= 0.6 is 0 Å². The van der Waals surface area contributed by atoms with Gasteiger partial charge in [0.25, 0.3) is 0 Å². The SMILES string of the molecule is CCOC(=O)c1cnc(Nc2cc3c(cn2)N(C)C(=O)C(CC)N3C2CCCC2)c(CC)c1. The highest BCUT2D eigenvalue weighted by molar-refractivity contribution is 6.05. The Morgan fingerprint density at radius 1 is 1.12 bits per heavy atom. The number of hydrogen-bond acceptors (Lipinski definition) is 7. The van der Waals surface area contributed by atoms with Crippen LogP contribution in [0.4, 0.5) is 23.0 Å². The summed E-state index contributed by atoms with van der Waals surface area (Å²) in [6.07, 6.45) is 9.37. The van der Waals surface area contributed by atoms with Gasteiger partial charge in [-0.25, -0.2) is 14.8 Å². The highest BCUT2D eigenvalue weighted by Gasteiger charge is 2.40. The van der Waals surface area contributed by atoms with Crippen LogP contribution < -0.4 is 15.1 Å². The first-order chi connectivity index (χ1) is 16.0. The summed E-state index contributed by atoms with van der Waals surface area (Å²) in [5, 5.41) is 3.34. The van der Waals surface area contributed by atoms with Crippen molar-refractivity contribution in [3.05, 3.63) is 35.7 Å². The summed E-state index contributed by atoms with van der Waals surface area (Å²) in [5.74, 6) is 1.09. The van der Waals surface area contributed by atoms with Gasteiger partial charge in [0, 0.05) is 25.4 Å². The molecule has 3 heterocycles. The maximum absolute atomic E-state index is 13.1. The van der Waals surface area contributed by atoms with Gasteiger partial charge >= 0.3 is 5.97 Å². The van der Waals surface area contributed by atoms with Crippen LogP contribution in [0.5, 0.6) is 0 Å². The molecule has 1 atom stereocenters. The fourth-order valence-electron chi connectivity index (χ4n) is 4.94. The number of anilines is 4. The molecule has 0 bridgehead atoms. The van der Waals surface area contributed by atoms with Gasteiger partial charge in [-0.05, 0) is 44.2 Å². The third-order valence-electron chi connectivity index (χ3n) is 6.66. The fraction of sp³-hybridized carbons (Fsp3) is 0.520. The Balaban J connectivity index is 1.68. The highest BCUT2D eigenvalue weighted by Crippen LogP contribution is 2.41. The van der Waals surface area contributed by atoms with Gasteiger partial charge in [0.2, 0.25) is 5.91 Å². The van der Waals surface area contributed by atoms with Crippen molar-refractivity contribution in [2.24, 2.45) is 0 Å². The van der Waals surface area contributed by atoms with Crippen LogP contribution in [0.1, 0.15) is 68.8 Å². The maximum atomic E-state index is 13.1. The Morgan fingerprint density at radius 3 is 2.55 bits per heavy atom. The van der Waals surface area contributed by atoms with Crippen molar-refractivity contribution in [1.82, 2.24) is 9.97 Å². The van der Waals surface area contributed by atoms with Gasteiger partial charge in [0.05, 0.1) is 29.7 Å². The van der Waals surface area contributed by atoms with Crippen molar-refractivity contribution >= 4 is 34.9 Å². The molecule has 0 saturated heterocycles. The van der Waals surface area contributed by atoms with Crippen molar-refractivity contribution in [2.45, 2.75) is 71.4 Å². The maximum Gasteiger partial charge on any atom is 0.339 e. The number of nitrogens with zero attached hydrogens (tertiary/aromatic N) is 4. The summed E-state index contributed by atoms with van der Waals surface area (Å²) in [7, 11) is 1.83. The highest BCUT2D eigenvalue weighted by atomic mass is 16.5. The average Bonchev–Trinajstić information content (AvgIpc) is 3.36. The molecule has 1 aliphatic heterocycles. The Morgan fingerprint density at radius 2 is 1.88 bits per heavy atom. The number of nitrogens with one attached hydrogen (secondary N) is 1. The lowest BCUT2D eigenvalue weighted by Crippen LogP contribution is -2.55. The van der Waals surface area contributed by atoms with Gasteiger partial charge in [-0.3, -0.25) is 4.79 Å². The number of fused-ring (bicyclic) bond motifs is 1. The summed E-state index contributed by atoms with van der Waals surface area (Å²) < 4.78 is 5.10. The molecule has 1 unspecified atom stereocenters. The first kappa shape index (κ1) is 23.0. The van der Waals surface area contributed by atoms with E-state index < -0.39 is 0 Å². The molecule has 2 aliphatic rings. The summed E-state index contributed by atoms with van der Waals surface area (Å²) in [4.78, 5) is 38.3. The largest absolute Gasteiger partial charge is 0.462 e. The molecule has 4 rings (SSSR count). The lowest BCUT2D eigenvalue weighted by molar-refractivity contribution is -0.120. The van der Waals surface area contributed by atoms with E-state index in [2.05, 4.69) is 27.1 Å². The average molecular weight is 452 g/mol. The molecule has 1 amide bonds. The number of pyridine rings is 2. The van der Waals surface area contributed by atoms with Crippen molar-refractivity contribution in [3.8, 4) is 0 Å². The molecule has 33 heavy (non-hydrogen) atoms. The number of carbonyl (C=O) groups is 2. The zero-order valence-corrected chi connectivity index (χ0v) is 19.9. The lowest BCUT2D eigenvalue weighted by atomic mass is 10.0. The van der Waals surface area contributed by atoms with Gasteiger partial charge in [-0.15, -0.1) is 0 Å². The molecule has 0 spiro atoms. The van der Waals surface area contributed by atoms with Crippen molar-refractivity contribution in [2.75, 3.05) is 28.8 Å². The van der Waals surface area contributed by atoms with Crippen LogP contribution in [0.3, 0.4) is 0 Å². The van der Waals surface area contributed by atoms with E-state index in [0.717, 1.165) is 36.2 Å². The van der Waals surface area contributed by atoms with E-state index in [-0.39, 0.29) is 17.9 Å². The molecule has 8 nitrogen and oxygen atoms in total. The van der Waals surface area contributed by atoms with E-state index in [4.69, 9.17) is 4.74 Å². The second-order valence-electron chi connectivity index (χ2n) is 8.66. The number of ether oxygens (including phenoxy) is 1. The lowest BCUT2D eigenvalue weighted by Gasteiger charge is -2.44. The Hall–Kier alpha value is -3.16. The van der Waals surface area contributed by atoms with E-state index >= 15 is 0 Å². The number of aryl methyl sites for hydroxylation is 1. The molecule has 8 heteroatoms. The molecule has 1 N–H and O–H groups in total. The number of amides is 1. The number of rotatable bonds is 7. The normalized spacial score (nSPS) is 18.4.